The molecule has 0 amide bonds. The van der Waals surface area contributed by atoms with Crippen LogP contribution >= 0.6 is 0 Å². The Balaban J connectivity index is 2.26. The fourth-order valence-corrected chi connectivity index (χ4v) is 1.42. The summed E-state index contributed by atoms with van der Waals surface area (Å²) in [5.41, 5.74) is 0.763. The van der Waals surface area contributed by atoms with Gasteiger partial charge in [-0.25, -0.2) is 22.0 Å². The number of halogens is 5. The molecule has 0 fully saturated rings. The zero-order valence-corrected chi connectivity index (χ0v) is 9.80. The Labute approximate surface area is 110 Å². The minimum absolute atomic E-state index is 0.0395. The number of nitrogens with one attached hydrogen (secondary N) is 1. The summed E-state index contributed by atoms with van der Waals surface area (Å²) in [6.45, 7) is 0. The van der Waals surface area contributed by atoms with Gasteiger partial charge in [-0.3, -0.25) is 5.43 Å². The van der Waals surface area contributed by atoms with Gasteiger partial charge in [0.1, 0.15) is 11.5 Å². The topological polar surface area (TPSA) is 24.4 Å². The predicted octanol–water partition coefficient (Wildman–Crippen LogP) is 3.83. The maximum atomic E-state index is 13.3. The Morgan fingerprint density at radius 1 is 0.850 bits per heavy atom. The van der Waals surface area contributed by atoms with Gasteiger partial charge in [-0.1, -0.05) is 18.2 Å². The number of hydrazone groups is 1. The number of nitrogens with zero attached hydrogens (tertiary/aromatic N) is 1. The molecule has 0 spiro atoms. The van der Waals surface area contributed by atoms with Gasteiger partial charge in [-0.2, -0.15) is 5.10 Å². The second kappa shape index (κ2) is 5.68. The molecule has 2 aromatic carbocycles. The molecule has 2 rings (SSSR count). The van der Waals surface area contributed by atoms with Crippen LogP contribution in [0.4, 0.5) is 27.6 Å². The number of anilines is 1. The zero-order valence-electron chi connectivity index (χ0n) is 9.80. The van der Waals surface area contributed by atoms with E-state index in [2.05, 4.69) is 5.10 Å². The molecule has 0 saturated carbocycles. The van der Waals surface area contributed by atoms with E-state index in [0.717, 1.165) is 12.3 Å². The van der Waals surface area contributed by atoms with Crippen molar-refractivity contribution < 1.29 is 22.0 Å². The van der Waals surface area contributed by atoms with Crippen molar-refractivity contribution in [1.82, 2.24) is 0 Å². The standard InChI is InChI=1S/C13H7F5N2/c14-8-4-2-1-3-7(8)6-19-20-13-11(17)9(15)5-10(16)12(13)18/h1-6,20H. The highest BCUT2D eigenvalue weighted by Gasteiger charge is 2.18. The van der Waals surface area contributed by atoms with Crippen molar-refractivity contribution in [1.29, 1.82) is 0 Å². The molecule has 0 aliphatic rings. The Hall–Kier alpha value is -2.44. The van der Waals surface area contributed by atoms with Crippen molar-refractivity contribution in [2.45, 2.75) is 0 Å². The van der Waals surface area contributed by atoms with Gasteiger partial charge in [0.2, 0.25) is 0 Å². The van der Waals surface area contributed by atoms with E-state index >= 15 is 0 Å². The van der Waals surface area contributed by atoms with Crippen LogP contribution in [0, 0.1) is 29.1 Å². The van der Waals surface area contributed by atoms with Crippen molar-refractivity contribution >= 4 is 11.9 Å². The first-order chi connectivity index (χ1) is 9.50. The molecule has 0 aromatic heterocycles. The molecular formula is C13H7F5N2. The lowest BCUT2D eigenvalue weighted by Gasteiger charge is -2.05. The van der Waals surface area contributed by atoms with Crippen LogP contribution in [0.2, 0.25) is 0 Å². The van der Waals surface area contributed by atoms with Crippen LogP contribution < -0.4 is 5.43 Å². The first-order valence-corrected chi connectivity index (χ1v) is 5.37. The molecule has 0 aliphatic heterocycles. The molecule has 0 bridgehead atoms. The van der Waals surface area contributed by atoms with Crippen LogP contribution in [-0.2, 0) is 0 Å². The van der Waals surface area contributed by atoms with Crippen molar-refractivity contribution in [2.24, 2.45) is 5.10 Å². The summed E-state index contributed by atoms with van der Waals surface area (Å²) < 4.78 is 65.5. The van der Waals surface area contributed by atoms with E-state index in [9.17, 15) is 22.0 Å². The second-order valence-electron chi connectivity index (χ2n) is 3.73. The monoisotopic (exact) mass is 286 g/mol. The third-order valence-corrected chi connectivity index (χ3v) is 2.40. The summed E-state index contributed by atoms with van der Waals surface area (Å²) in [5, 5.41) is 3.35. The van der Waals surface area contributed by atoms with Gasteiger partial charge in [-0.05, 0) is 6.07 Å². The van der Waals surface area contributed by atoms with Gasteiger partial charge in [0.25, 0.3) is 0 Å². The first-order valence-electron chi connectivity index (χ1n) is 5.37. The average molecular weight is 286 g/mol. The summed E-state index contributed by atoms with van der Waals surface area (Å²) in [6, 6.07) is 5.56. The largest absolute Gasteiger partial charge is 0.272 e. The molecule has 2 aromatic rings. The van der Waals surface area contributed by atoms with E-state index in [1.807, 2.05) is 5.43 Å². The maximum Gasteiger partial charge on any atom is 0.186 e. The zero-order chi connectivity index (χ0) is 14.7. The quantitative estimate of drug-likeness (QED) is 0.394. The first kappa shape index (κ1) is 14.0. The third kappa shape index (κ3) is 2.76. The number of hydrogen-bond donors (Lipinski definition) is 1. The molecule has 0 heterocycles. The fraction of sp³-hybridized carbons (Fsp3) is 0. The van der Waals surface area contributed by atoms with Crippen LogP contribution in [0.5, 0.6) is 0 Å². The van der Waals surface area contributed by atoms with Crippen molar-refractivity contribution in [2.75, 3.05) is 5.43 Å². The molecule has 0 unspecified atom stereocenters. The van der Waals surface area contributed by atoms with Gasteiger partial charge >= 0.3 is 0 Å². The SMILES string of the molecule is Fc1ccccc1C=NNc1c(F)c(F)cc(F)c1F. The lowest BCUT2D eigenvalue weighted by Crippen LogP contribution is -2.03. The highest BCUT2D eigenvalue weighted by atomic mass is 19.2. The number of hydrogen-bond acceptors (Lipinski definition) is 2. The molecule has 0 atom stereocenters. The smallest absolute Gasteiger partial charge is 0.186 e. The highest BCUT2D eigenvalue weighted by Crippen LogP contribution is 2.23. The van der Waals surface area contributed by atoms with E-state index < -0.39 is 34.8 Å². The Kier molecular flexibility index (Phi) is 3.97. The maximum absolute atomic E-state index is 13.3. The van der Waals surface area contributed by atoms with Crippen LogP contribution in [0.25, 0.3) is 0 Å². The van der Waals surface area contributed by atoms with E-state index in [0.29, 0.717) is 0 Å². The van der Waals surface area contributed by atoms with Gasteiger partial charge in [0.05, 0.1) is 6.21 Å². The fourth-order valence-electron chi connectivity index (χ4n) is 1.42. The Bertz CT molecular complexity index is 644. The molecule has 1 N–H and O–H groups in total. The van der Waals surface area contributed by atoms with Crippen LogP contribution in [0.1, 0.15) is 5.56 Å². The molecule has 0 radical (unpaired) electrons. The van der Waals surface area contributed by atoms with E-state index in [1.54, 1.807) is 0 Å². The second-order valence-corrected chi connectivity index (χ2v) is 3.73. The molecular weight excluding hydrogens is 279 g/mol. The van der Waals surface area contributed by atoms with E-state index in [4.69, 9.17) is 0 Å². The van der Waals surface area contributed by atoms with Gasteiger partial charge in [0.15, 0.2) is 23.3 Å². The lowest BCUT2D eigenvalue weighted by atomic mass is 10.2. The molecule has 0 saturated heterocycles. The van der Waals surface area contributed by atoms with Gasteiger partial charge in [0, 0.05) is 11.6 Å². The summed E-state index contributed by atoms with van der Waals surface area (Å²) in [4.78, 5) is 0. The molecule has 0 aliphatic carbocycles. The van der Waals surface area contributed by atoms with E-state index in [-0.39, 0.29) is 11.6 Å². The third-order valence-electron chi connectivity index (χ3n) is 2.40. The lowest BCUT2D eigenvalue weighted by molar-refractivity contribution is 0.458. The minimum atomic E-state index is -1.62. The predicted molar refractivity (Wildman–Crippen MR) is 63.9 cm³/mol. The Morgan fingerprint density at radius 3 is 2.05 bits per heavy atom. The summed E-state index contributed by atoms with van der Waals surface area (Å²) in [7, 11) is 0. The summed E-state index contributed by atoms with van der Waals surface area (Å²) >= 11 is 0. The molecule has 20 heavy (non-hydrogen) atoms. The van der Waals surface area contributed by atoms with Crippen molar-refractivity contribution in [3.05, 3.63) is 65.0 Å². The van der Waals surface area contributed by atoms with Crippen LogP contribution in [0.3, 0.4) is 0 Å². The summed E-state index contributed by atoms with van der Waals surface area (Å²) in [6.07, 6.45) is 0.928. The molecule has 104 valence electrons. The van der Waals surface area contributed by atoms with Crippen LogP contribution in [-0.4, -0.2) is 6.21 Å². The van der Waals surface area contributed by atoms with Crippen LogP contribution in [0.15, 0.2) is 35.4 Å². The normalized spacial score (nSPS) is 11.1. The number of benzene rings is 2. The average Bonchev–Trinajstić information content (AvgIpc) is 2.42. The minimum Gasteiger partial charge on any atom is -0.272 e. The van der Waals surface area contributed by atoms with Crippen molar-refractivity contribution in [3.8, 4) is 0 Å². The Morgan fingerprint density at radius 2 is 1.45 bits per heavy atom. The molecule has 7 heteroatoms. The molecule has 2 nitrogen and oxygen atoms in total. The van der Waals surface area contributed by atoms with Crippen molar-refractivity contribution in [3.63, 3.8) is 0 Å². The highest BCUT2D eigenvalue weighted by molar-refractivity contribution is 5.80. The van der Waals surface area contributed by atoms with Gasteiger partial charge < -0.3 is 0 Å². The van der Waals surface area contributed by atoms with Gasteiger partial charge in [-0.15, -0.1) is 0 Å². The number of rotatable bonds is 3. The summed E-state index contributed by atoms with van der Waals surface area (Å²) in [5.74, 6) is -6.96. The van der Waals surface area contributed by atoms with E-state index in [1.165, 1.54) is 18.2 Å².